The van der Waals surface area contributed by atoms with Crippen LogP contribution in [0.15, 0.2) is 42.6 Å². The summed E-state index contributed by atoms with van der Waals surface area (Å²) in [4.78, 5) is 21.9. The monoisotopic (exact) mass is 456 g/mol. The summed E-state index contributed by atoms with van der Waals surface area (Å²) in [7, 11) is 0. The fourth-order valence-electron chi connectivity index (χ4n) is 4.79. The van der Waals surface area contributed by atoms with Crippen LogP contribution in [0.4, 0.5) is 5.82 Å². The molecule has 1 aromatic carbocycles. The Kier molecular flexibility index (Phi) is 7.66. The molecule has 0 aliphatic carbocycles. The molecule has 2 aliphatic heterocycles. The molecule has 7 heteroatoms. The third kappa shape index (κ3) is 6.00. The number of hydrogen-bond acceptors (Lipinski definition) is 5. The minimum Gasteiger partial charge on any atom is -0.373 e. The molecule has 172 valence electrons. The first-order valence-corrected chi connectivity index (χ1v) is 11.9. The molecule has 2 aliphatic rings. The summed E-state index contributed by atoms with van der Waals surface area (Å²) in [6.45, 7) is 9.25. The van der Waals surface area contributed by atoms with Crippen LogP contribution in [0.3, 0.4) is 0 Å². The van der Waals surface area contributed by atoms with E-state index >= 15 is 0 Å². The highest BCUT2D eigenvalue weighted by atomic mass is 35.5. The Bertz CT molecular complexity index is 889. The Balaban J connectivity index is 1.28. The number of morpholine rings is 1. The maximum Gasteiger partial charge on any atom is 0.223 e. The van der Waals surface area contributed by atoms with Gasteiger partial charge in [0.1, 0.15) is 5.82 Å². The second kappa shape index (κ2) is 10.6. The maximum absolute atomic E-state index is 12.9. The topological polar surface area (TPSA) is 57.7 Å². The molecular weight excluding hydrogens is 424 g/mol. The van der Waals surface area contributed by atoms with Crippen LogP contribution in [-0.4, -0.2) is 54.2 Å². The number of ether oxygens (including phenoxy) is 1. The van der Waals surface area contributed by atoms with E-state index in [0.29, 0.717) is 11.6 Å². The third-order valence-electron chi connectivity index (χ3n) is 6.36. The number of hydrogen-bond donors (Lipinski definition) is 1. The van der Waals surface area contributed by atoms with Crippen molar-refractivity contribution >= 4 is 23.3 Å². The summed E-state index contributed by atoms with van der Waals surface area (Å²) in [6, 6.07) is 12.2. The first-order valence-electron chi connectivity index (χ1n) is 11.6. The Morgan fingerprint density at radius 2 is 1.78 bits per heavy atom. The molecule has 2 saturated heterocycles. The van der Waals surface area contributed by atoms with Crippen molar-refractivity contribution in [2.45, 2.75) is 52.0 Å². The van der Waals surface area contributed by atoms with Crippen molar-refractivity contribution in [1.82, 2.24) is 15.2 Å². The van der Waals surface area contributed by atoms with Gasteiger partial charge in [0, 0.05) is 51.4 Å². The zero-order chi connectivity index (χ0) is 22.5. The van der Waals surface area contributed by atoms with E-state index in [4.69, 9.17) is 16.3 Å². The zero-order valence-electron chi connectivity index (χ0n) is 19.0. The Hall–Kier alpha value is -2.15. The molecule has 2 unspecified atom stereocenters. The molecule has 1 N–H and O–H groups in total. The van der Waals surface area contributed by atoms with Gasteiger partial charge in [0.25, 0.3) is 0 Å². The smallest absolute Gasteiger partial charge is 0.223 e. The van der Waals surface area contributed by atoms with Gasteiger partial charge < -0.3 is 15.0 Å². The number of benzene rings is 1. The van der Waals surface area contributed by atoms with E-state index in [1.54, 1.807) is 6.20 Å². The number of anilines is 1. The van der Waals surface area contributed by atoms with Crippen molar-refractivity contribution < 1.29 is 9.53 Å². The lowest BCUT2D eigenvalue weighted by molar-refractivity contribution is -0.125. The molecule has 0 bridgehead atoms. The molecule has 2 fully saturated rings. The third-order valence-corrected chi connectivity index (χ3v) is 6.59. The minimum atomic E-state index is 0.0478. The normalized spacial score (nSPS) is 22.7. The molecule has 6 nitrogen and oxygen atoms in total. The van der Waals surface area contributed by atoms with Crippen LogP contribution in [0.2, 0.25) is 5.02 Å². The molecule has 2 aromatic rings. The molecule has 2 atom stereocenters. The van der Waals surface area contributed by atoms with Gasteiger partial charge in [-0.1, -0.05) is 35.9 Å². The number of aromatic nitrogens is 1. The summed E-state index contributed by atoms with van der Waals surface area (Å²) in [5.74, 6) is 1.12. The molecule has 0 radical (unpaired) electrons. The van der Waals surface area contributed by atoms with Gasteiger partial charge in [-0.15, -0.1) is 0 Å². The predicted molar refractivity (Wildman–Crippen MR) is 128 cm³/mol. The van der Waals surface area contributed by atoms with Crippen molar-refractivity contribution in [3.05, 3.63) is 58.7 Å². The van der Waals surface area contributed by atoms with Gasteiger partial charge in [-0.25, -0.2) is 4.98 Å². The fraction of sp³-hybridized carbons (Fsp3) is 0.520. The second-order valence-electron chi connectivity index (χ2n) is 9.03. The quantitative estimate of drug-likeness (QED) is 0.714. The van der Waals surface area contributed by atoms with Gasteiger partial charge >= 0.3 is 0 Å². The lowest BCUT2D eigenvalue weighted by Gasteiger charge is -2.35. The average molecular weight is 457 g/mol. The highest BCUT2D eigenvalue weighted by molar-refractivity contribution is 6.30. The van der Waals surface area contributed by atoms with E-state index in [9.17, 15) is 4.79 Å². The van der Waals surface area contributed by atoms with Crippen molar-refractivity contribution in [2.75, 3.05) is 31.1 Å². The van der Waals surface area contributed by atoms with Crippen LogP contribution in [-0.2, 0) is 22.6 Å². The predicted octanol–water partition coefficient (Wildman–Crippen LogP) is 3.88. The van der Waals surface area contributed by atoms with Gasteiger partial charge in [-0.2, -0.15) is 0 Å². The van der Waals surface area contributed by atoms with Crippen molar-refractivity contribution in [3.8, 4) is 0 Å². The summed E-state index contributed by atoms with van der Waals surface area (Å²) < 4.78 is 5.86. The van der Waals surface area contributed by atoms with E-state index in [1.807, 2.05) is 18.2 Å². The van der Waals surface area contributed by atoms with E-state index < -0.39 is 0 Å². The lowest BCUT2D eigenvalue weighted by Crippen LogP contribution is -2.45. The molecule has 0 saturated carbocycles. The zero-order valence-corrected chi connectivity index (χ0v) is 19.7. The highest BCUT2D eigenvalue weighted by Gasteiger charge is 2.26. The largest absolute Gasteiger partial charge is 0.373 e. The number of rotatable bonds is 6. The first kappa shape index (κ1) is 23.0. The van der Waals surface area contributed by atoms with E-state index in [2.05, 4.69) is 52.1 Å². The number of carbonyl (C=O) groups is 1. The number of carbonyl (C=O) groups excluding carboxylic acids is 1. The second-order valence-corrected chi connectivity index (χ2v) is 9.47. The molecule has 1 amide bonds. The van der Waals surface area contributed by atoms with Crippen LogP contribution in [0.5, 0.6) is 0 Å². The SMILES string of the molecule is CC1CN(Cc2ccccc2CNC(=O)C2CCN(c3ccc(Cl)cn3)CC2)CC(C)O1. The van der Waals surface area contributed by atoms with Crippen LogP contribution in [0.25, 0.3) is 0 Å². The van der Waals surface area contributed by atoms with Crippen LogP contribution in [0.1, 0.15) is 37.8 Å². The number of nitrogens with one attached hydrogen (secondary N) is 1. The lowest BCUT2D eigenvalue weighted by atomic mass is 9.95. The molecule has 1 aromatic heterocycles. The van der Waals surface area contributed by atoms with Crippen molar-refractivity contribution in [2.24, 2.45) is 5.92 Å². The standard InChI is InChI=1S/C25H33ClN4O2/c1-18-15-29(16-19(2)32-18)17-22-6-4-3-5-21(22)13-28-25(31)20-9-11-30(12-10-20)24-8-7-23(26)14-27-24/h3-8,14,18-20H,9-13,15-17H2,1-2H3,(H,28,31). The maximum atomic E-state index is 12.9. The summed E-state index contributed by atoms with van der Waals surface area (Å²) in [6.07, 6.45) is 3.84. The molecule has 0 spiro atoms. The summed E-state index contributed by atoms with van der Waals surface area (Å²) in [5, 5.41) is 3.83. The number of piperidine rings is 1. The summed E-state index contributed by atoms with van der Waals surface area (Å²) in [5.41, 5.74) is 2.47. The molecular formula is C25H33ClN4O2. The van der Waals surface area contributed by atoms with Crippen LogP contribution in [0, 0.1) is 5.92 Å². The number of pyridine rings is 1. The van der Waals surface area contributed by atoms with Crippen LogP contribution < -0.4 is 10.2 Å². The Morgan fingerprint density at radius 1 is 1.09 bits per heavy atom. The number of halogens is 1. The Labute approximate surface area is 195 Å². The van der Waals surface area contributed by atoms with Crippen molar-refractivity contribution in [3.63, 3.8) is 0 Å². The highest BCUT2D eigenvalue weighted by Crippen LogP contribution is 2.23. The minimum absolute atomic E-state index is 0.0478. The van der Waals surface area contributed by atoms with E-state index in [1.165, 1.54) is 11.1 Å². The number of amides is 1. The van der Waals surface area contributed by atoms with E-state index in [-0.39, 0.29) is 24.0 Å². The van der Waals surface area contributed by atoms with Gasteiger partial charge in [-0.05, 0) is 49.9 Å². The first-order chi connectivity index (χ1) is 15.5. The molecule has 4 rings (SSSR count). The fourth-order valence-corrected chi connectivity index (χ4v) is 4.90. The average Bonchev–Trinajstić information content (AvgIpc) is 2.78. The number of nitrogens with zero attached hydrogens (tertiary/aromatic N) is 3. The van der Waals surface area contributed by atoms with Gasteiger partial charge in [0.05, 0.1) is 17.2 Å². The van der Waals surface area contributed by atoms with Crippen LogP contribution >= 0.6 is 11.6 Å². The molecule has 32 heavy (non-hydrogen) atoms. The summed E-state index contributed by atoms with van der Waals surface area (Å²) >= 11 is 5.94. The van der Waals surface area contributed by atoms with Gasteiger partial charge in [0.2, 0.25) is 5.91 Å². The Morgan fingerprint density at radius 3 is 2.44 bits per heavy atom. The van der Waals surface area contributed by atoms with Gasteiger partial charge in [-0.3, -0.25) is 9.69 Å². The van der Waals surface area contributed by atoms with E-state index in [0.717, 1.165) is 51.4 Å². The molecule has 3 heterocycles. The van der Waals surface area contributed by atoms with Gasteiger partial charge in [0.15, 0.2) is 0 Å². The van der Waals surface area contributed by atoms with Crippen molar-refractivity contribution in [1.29, 1.82) is 0 Å².